The van der Waals surface area contributed by atoms with Crippen molar-refractivity contribution < 1.29 is 4.74 Å². The van der Waals surface area contributed by atoms with Gasteiger partial charge in [-0.1, -0.05) is 30.4 Å². The number of pyridine rings is 1. The van der Waals surface area contributed by atoms with Crippen molar-refractivity contribution in [1.29, 1.82) is 0 Å². The fourth-order valence-electron chi connectivity index (χ4n) is 1.99. The van der Waals surface area contributed by atoms with E-state index in [0.29, 0.717) is 10.7 Å². The van der Waals surface area contributed by atoms with Gasteiger partial charge in [0.1, 0.15) is 16.4 Å². The van der Waals surface area contributed by atoms with Crippen molar-refractivity contribution in [3.05, 3.63) is 53.9 Å². The van der Waals surface area contributed by atoms with Crippen molar-refractivity contribution in [3.8, 4) is 5.75 Å². The van der Waals surface area contributed by atoms with E-state index >= 15 is 0 Å². The third kappa shape index (κ3) is 3.45. The summed E-state index contributed by atoms with van der Waals surface area (Å²) in [7, 11) is 1.68. The monoisotopic (exact) mass is 287 g/mol. The quantitative estimate of drug-likeness (QED) is 0.799. The Hall–Kier alpha value is -2.14. The fraction of sp³-hybridized carbons (Fsp3) is 0.200. The van der Waals surface area contributed by atoms with Crippen molar-refractivity contribution in [3.63, 3.8) is 0 Å². The summed E-state index contributed by atoms with van der Waals surface area (Å²) in [6, 6.07) is 11.7. The van der Waals surface area contributed by atoms with Gasteiger partial charge in [0.05, 0.1) is 12.8 Å². The minimum absolute atomic E-state index is 0.297. The highest BCUT2D eigenvalue weighted by Gasteiger charge is 2.06. The smallest absolute Gasteiger partial charge is 0.124 e. The van der Waals surface area contributed by atoms with Crippen LogP contribution in [0.25, 0.3) is 0 Å². The molecule has 0 bridgehead atoms. The van der Waals surface area contributed by atoms with Crippen LogP contribution in [0.1, 0.15) is 11.3 Å². The summed E-state index contributed by atoms with van der Waals surface area (Å²) in [6.45, 7) is 0.752. The molecule has 20 heavy (non-hydrogen) atoms. The Morgan fingerprint density at radius 3 is 2.85 bits per heavy atom. The van der Waals surface area contributed by atoms with Crippen LogP contribution in [0.4, 0.5) is 5.69 Å². The van der Waals surface area contributed by atoms with Gasteiger partial charge in [-0.05, 0) is 30.2 Å². The molecule has 0 unspecified atom stereocenters. The number of hydrogen-bond donors (Lipinski definition) is 2. The molecule has 0 fully saturated rings. The van der Waals surface area contributed by atoms with Gasteiger partial charge in [0.15, 0.2) is 0 Å². The summed E-state index contributed by atoms with van der Waals surface area (Å²) < 4.78 is 5.33. The number of anilines is 1. The molecule has 2 aromatic rings. The Morgan fingerprint density at radius 1 is 1.30 bits per heavy atom. The van der Waals surface area contributed by atoms with Crippen LogP contribution >= 0.6 is 12.2 Å². The summed E-state index contributed by atoms with van der Waals surface area (Å²) in [5.41, 5.74) is 8.29. The van der Waals surface area contributed by atoms with Gasteiger partial charge in [-0.3, -0.25) is 4.98 Å². The van der Waals surface area contributed by atoms with Crippen molar-refractivity contribution >= 4 is 22.9 Å². The zero-order valence-electron chi connectivity index (χ0n) is 11.3. The third-order valence-electron chi connectivity index (χ3n) is 2.94. The second kappa shape index (κ2) is 6.86. The maximum Gasteiger partial charge on any atom is 0.124 e. The molecular weight excluding hydrogens is 270 g/mol. The van der Waals surface area contributed by atoms with Crippen LogP contribution in [-0.2, 0) is 6.42 Å². The van der Waals surface area contributed by atoms with Gasteiger partial charge in [-0.2, -0.15) is 0 Å². The van der Waals surface area contributed by atoms with Crippen molar-refractivity contribution in [2.24, 2.45) is 5.73 Å². The first-order valence-electron chi connectivity index (χ1n) is 6.33. The average Bonchev–Trinajstić information content (AvgIpc) is 2.48. The Morgan fingerprint density at radius 2 is 2.10 bits per heavy atom. The zero-order valence-corrected chi connectivity index (χ0v) is 12.1. The van der Waals surface area contributed by atoms with Crippen LogP contribution < -0.4 is 15.8 Å². The fourth-order valence-corrected chi connectivity index (χ4v) is 2.15. The number of thiocarbonyl (C=S) groups is 1. The normalized spacial score (nSPS) is 10.1. The number of ether oxygens (including phenoxy) is 1. The van der Waals surface area contributed by atoms with E-state index < -0.39 is 0 Å². The maximum absolute atomic E-state index is 5.65. The second-order valence-electron chi connectivity index (χ2n) is 4.25. The average molecular weight is 287 g/mol. The van der Waals surface area contributed by atoms with Crippen molar-refractivity contribution in [1.82, 2.24) is 4.98 Å². The van der Waals surface area contributed by atoms with Crippen molar-refractivity contribution in [2.75, 3.05) is 19.0 Å². The summed E-state index contributed by atoms with van der Waals surface area (Å²) in [4.78, 5) is 4.48. The van der Waals surface area contributed by atoms with E-state index in [2.05, 4.69) is 16.4 Å². The summed E-state index contributed by atoms with van der Waals surface area (Å²) in [5.74, 6) is 0.898. The first kappa shape index (κ1) is 14.3. The SMILES string of the molecule is COc1ccccc1CCNc1cccnc1C(N)=S. The lowest BCUT2D eigenvalue weighted by atomic mass is 10.1. The minimum Gasteiger partial charge on any atom is -0.496 e. The first-order chi connectivity index (χ1) is 9.72. The molecule has 0 atom stereocenters. The predicted molar refractivity (Wildman–Crippen MR) is 85.3 cm³/mol. The molecule has 1 heterocycles. The molecular formula is C15H17N3OS. The molecule has 2 rings (SSSR count). The zero-order chi connectivity index (χ0) is 14.4. The van der Waals surface area contributed by atoms with Gasteiger partial charge < -0.3 is 15.8 Å². The van der Waals surface area contributed by atoms with Crippen LogP contribution in [-0.4, -0.2) is 23.6 Å². The lowest BCUT2D eigenvalue weighted by Crippen LogP contribution is -2.16. The molecule has 0 aliphatic carbocycles. The molecule has 0 aliphatic heterocycles. The van der Waals surface area contributed by atoms with Crippen LogP contribution in [0, 0.1) is 0 Å². The van der Waals surface area contributed by atoms with E-state index in [1.54, 1.807) is 13.3 Å². The van der Waals surface area contributed by atoms with Crippen LogP contribution in [0.3, 0.4) is 0 Å². The summed E-state index contributed by atoms with van der Waals surface area (Å²) in [5, 5.41) is 3.31. The van der Waals surface area contributed by atoms with Gasteiger partial charge >= 0.3 is 0 Å². The molecule has 0 saturated carbocycles. The number of nitrogens with one attached hydrogen (secondary N) is 1. The van der Waals surface area contributed by atoms with Gasteiger partial charge in [-0.25, -0.2) is 0 Å². The highest BCUT2D eigenvalue weighted by Crippen LogP contribution is 2.18. The van der Waals surface area contributed by atoms with E-state index in [1.165, 1.54) is 0 Å². The molecule has 3 N–H and O–H groups in total. The Balaban J connectivity index is 2.01. The number of rotatable bonds is 6. The van der Waals surface area contributed by atoms with Gasteiger partial charge in [0.2, 0.25) is 0 Å². The minimum atomic E-state index is 0.297. The van der Waals surface area contributed by atoms with E-state index in [4.69, 9.17) is 22.7 Å². The topological polar surface area (TPSA) is 60.2 Å². The molecule has 1 aromatic carbocycles. The van der Waals surface area contributed by atoms with Crippen LogP contribution in [0.2, 0.25) is 0 Å². The number of hydrogen-bond acceptors (Lipinski definition) is 4. The Bertz CT molecular complexity index is 601. The summed E-state index contributed by atoms with van der Waals surface area (Å²) in [6.07, 6.45) is 2.52. The Kier molecular flexibility index (Phi) is 4.90. The molecule has 1 aromatic heterocycles. The molecule has 0 spiro atoms. The first-order valence-corrected chi connectivity index (χ1v) is 6.74. The lowest BCUT2D eigenvalue weighted by molar-refractivity contribution is 0.410. The highest BCUT2D eigenvalue weighted by atomic mass is 32.1. The number of nitrogens with zero attached hydrogens (tertiary/aromatic N) is 1. The number of para-hydroxylation sites is 1. The van der Waals surface area contributed by atoms with E-state index in [9.17, 15) is 0 Å². The Labute approximate surface area is 124 Å². The number of nitrogens with two attached hydrogens (primary N) is 1. The number of methoxy groups -OCH3 is 1. The van der Waals surface area contributed by atoms with Crippen molar-refractivity contribution in [2.45, 2.75) is 6.42 Å². The van der Waals surface area contributed by atoms with Crippen LogP contribution in [0.15, 0.2) is 42.6 Å². The second-order valence-corrected chi connectivity index (χ2v) is 4.69. The predicted octanol–water partition coefficient (Wildman–Crippen LogP) is 2.38. The molecule has 0 saturated heterocycles. The highest BCUT2D eigenvalue weighted by molar-refractivity contribution is 7.80. The van der Waals surface area contributed by atoms with Gasteiger partial charge in [-0.15, -0.1) is 0 Å². The van der Waals surface area contributed by atoms with E-state index in [0.717, 1.165) is 30.0 Å². The molecule has 0 aliphatic rings. The summed E-state index contributed by atoms with van der Waals surface area (Å²) >= 11 is 4.99. The largest absolute Gasteiger partial charge is 0.496 e. The van der Waals surface area contributed by atoms with Crippen LogP contribution in [0.5, 0.6) is 5.75 Å². The molecule has 0 amide bonds. The number of benzene rings is 1. The molecule has 4 nitrogen and oxygen atoms in total. The van der Waals surface area contributed by atoms with E-state index in [1.807, 2.05) is 30.3 Å². The maximum atomic E-state index is 5.65. The van der Waals surface area contributed by atoms with Gasteiger partial charge in [0.25, 0.3) is 0 Å². The number of aromatic nitrogens is 1. The molecule has 5 heteroatoms. The standard InChI is InChI=1S/C15H17N3OS/c1-19-13-7-3-2-5-11(13)8-10-17-12-6-4-9-18-14(12)15(16)20/h2-7,9,17H,8,10H2,1H3,(H2,16,20). The molecule has 104 valence electrons. The molecule has 0 radical (unpaired) electrons. The van der Waals surface area contributed by atoms with Gasteiger partial charge in [0, 0.05) is 12.7 Å². The van der Waals surface area contributed by atoms with E-state index in [-0.39, 0.29) is 0 Å². The third-order valence-corrected chi connectivity index (χ3v) is 3.14. The lowest BCUT2D eigenvalue weighted by Gasteiger charge is -2.11.